The van der Waals surface area contributed by atoms with Crippen molar-refractivity contribution in [2.24, 2.45) is 0 Å². The molecule has 0 atom stereocenters. The Hall–Kier alpha value is -1.90. The molecule has 1 heterocycles. The summed E-state index contributed by atoms with van der Waals surface area (Å²) in [5, 5.41) is 8.57. The van der Waals surface area contributed by atoms with Gasteiger partial charge in [0.05, 0.1) is 12.8 Å². The molecule has 0 saturated heterocycles. The average molecular weight is 199 g/mol. The van der Waals surface area contributed by atoms with E-state index in [1.54, 1.807) is 6.07 Å². The molecule has 2 N–H and O–H groups in total. The van der Waals surface area contributed by atoms with Gasteiger partial charge in [0.15, 0.2) is 11.4 Å². The minimum absolute atomic E-state index is 0.0920. The third kappa shape index (κ3) is 1.71. The SMILES string of the molecule is COc1cc(N)c(C(F)F)nc1C#N. The molecule has 0 aliphatic rings. The molecule has 0 unspecified atom stereocenters. The summed E-state index contributed by atoms with van der Waals surface area (Å²) in [4.78, 5) is 3.40. The van der Waals surface area contributed by atoms with E-state index >= 15 is 0 Å². The highest BCUT2D eigenvalue weighted by molar-refractivity contribution is 5.53. The zero-order valence-corrected chi connectivity index (χ0v) is 7.29. The van der Waals surface area contributed by atoms with Crippen molar-refractivity contribution >= 4 is 5.69 Å². The van der Waals surface area contributed by atoms with Gasteiger partial charge in [-0.1, -0.05) is 0 Å². The van der Waals surface area contributed by atoms with Crippen molar-refractivity contribution in [2.45, 2.75) is 6.43 Å². The molecule has 0 radical (unpaired) electrons. The van der Waals surface area contributed by atoms with Crippen molar-refractivity contribution < 1.29 is 13.5 Å². The number of aromatic nitrogens is 1. The number of nitriles is 1. The third-order valence-corrected chi connectivity index (χ3v) is 1.58. The van der Waals surface area contributed by atoms with Crippen LogP contribution in [0.15, 0.2) is 6.07 Å². The predicted molar refractivity (Wildman–Crippen MR) is 44.9 cm³/mol. The van der Waals surface area contributed by atoms with Crippen LogP contribution in [0.4, 0.5) is 14.5 Å². The van der Waals surface area contributed by atoms with E-state index in [1.165, 1.54) is 7.11 Å². The van der Waals surface area contributed by atoms with E-state index in [1.807, 2.05) is 0 Å². The van der Waals surface area contributed by atoms with Crippen LogP contribution < -0.4 is 10.5 Å². The van der Waals surface area contributed by atoms with E-state index in [-0.39, 0.29) is 17.1 Å². The number of rotatable bonds is 2. The first-order valence-electron chi connectivity index (χ1n) is 3.62. The fraction of sp³-hybridized carbons (Fsp3) is 0.250. The maximum absolute atomic E-state index is 12.3. The highest BCUT2D eigenvalue weighted by atomic mass is 19.3. The monoisotopic (exact) mass is 199 g/mol. The molecule has 0 bridgehead atoms. The Morgan fingerprint density at radius 3 is 2.71 bits per heavy atom. The molecule has 0 fully saturated rings. The number of ether oxygens (including phenoxy) is 1. The van der Waals surface area contributed by atoms with Crippen molar-refractivity contribution in [1.82, 2.24) is 4.98 Å². The van der Waals surface area contributed by atoms with Gasteiger partial charge in [-0.05, 0) is 0 Å². The molecule has 74 valence electrons. The molecule has 14 heavy (non-hydrogen) atoms. The summed E-state index contributed by atoms with van der Waals surface area (Å²) < 4.78 is 29.3. The predicted octanol–water partition coefficient (Wildman–Crippen LogP) is 1.48. The summed E-state index contributed by atoms with van der Waals surface area (Å²) in [6.45, 7) is 0. The Morgan fingerprint density at radius 1 is 1.64 bits per heavy atom. The molecule has 0 aliphatic carbocycles. The lowest BCUT2D eigenvalue weighted by atomic mass is 10.2. The largest absolute Gasteiger partial charge is 0.494 e. The third-order valence-electron chi connectivity index (χ3n) is 1.58. The second-order valence-corrected chi connectivity index (χ2v) is 2.43. The maximum atomic E-state index is 12.3. The highest BCUT2D eigenvalue weighted by Crippen LogP contribution is 2.28. The summed E-state index contributed by atoms with van der Waals surface area (Å²) in [5.74, 6) is 0.0920. The van der Waals surface area contributed by atoms with Crippen LogP contribution in [-0.2, 0) is 0 Å². The highest BCUT2D eigenvalue weighted by Gasteiger charge is 2.17. The number of nitrogen functional groups attached to an aromatic ring is 1. The number of hydrogen-bond donors (Lipinski definition) is 1. The van der Waals surface area contributed by atoms with Gasteiger partial charge < -0.3 is 10.5 Å². The fourth-order valence-electron chi connectivity index (χ4n) is 0.934. The first kappa shape index (κ1) is 10.2. The zero-order chi connectivity index (χ0) is 10.7. The molecule has 4 nitrogen and oxygen atoms in total. The van der Waals surface area contributed by atoms with Crippen molar-refractivity contribution in [1.29, 1.82) is 5.26 Å². The Morgan fingerprint density at radius 2 is 2.29 bits per heavy atom. The van der Waals surface area contributed by atoms with Gasteiger partial charge in [-0.3, -0.25) is 0 Å². The van der Waals surface area contributed by atoms with Crippen LogP contribution in [0.3, 0.4) is 0 Å². The van der Waals surface area contributed by atoms with Crippen molar-refractivity contribution in [3.63, 3.8) is 0 Å². The number of methoxy groups -OCH3 is 1. The summed E-state index contributed by atoms with van der Waals surface area (Å²) in [5.41, 5.74) is 4.31. The van der Waals surface area contributed by atoms with Crippen LogP contribution in [0.2, 0.25) is 0 Å². The van der Waals surface area contributed by atoms with Crippen molar-refractivity contribution in [3.8, 4) is 11.8 Å². The quantitative estimate of drug-likeness (QED) is 0.782. The Labute approximate surface area is 78.9 Å². The summed E-state index contributed by atoms with van der Waals surface area (Å²) in [6.07, 6.45) is -2.80. The molecule has 0 spiro atoms. The molecular weight excluding hydrogens is 192 g/mol. The van der Waals surface area contributed by atoms with Crippen LogP contribution in [0, 0.1) is 11.3 Å². The lowest BCUT2D eigenvalue weighted by Crippen LogP contribution is -2.02. The number of hydrogen-bond acceptors (Lipinski definition) is 4. The van der Waals surface area contributed by atoms with E-state index in [9.17, 15) is 8.78 Å². The van der Waals surface area contributed by atoms with Gasteiger partial charge in [0.1, 0.15) is 11.8 Å². The first-order chi connectivity index (χ1) is 6.60. The van der Waals surface area contributed by atoms with Crippen molar-refractivity contribution in [3.05, 3.63) is 17.5 Å². The van der Waals surface area contributed by atoms with Gasteiger partial charge >= 0.3 is 0 Å². The van der Waals surface area contributed by atoms with Gasteiger partial charge in [-0.2, -0.15) is 5.26 Å². The Kier molecular flexibility index (Phi) is 2.82. The molecule has 6 heteroatoms. The van der Waals surface area contributed by atoms with Crippen LogP contribution in [-0.4, -0.2) is 12.1 Å². The Bertz CT molecular complexity index is 387. The van der Waals surface area contributed by atoms with Crippen LogP contribution in [0.25, 0.3) is 0 Å². The summed E-state index contributed by atoms with van der Waals surface area (Å²) >= 11 is 0. The molecule has 0 aliphatic heterocycles. The Balaban J connectivity index is 3.32. The standard InChI is InChI=1S/C8H7F2N3O/c1-14-6-2-4(12)7(8(9)10)13-5(6)3-11/h2,8H,12H2,1H3. The van der Waals surface area contributed by atoms with Gasteiger partial charge in [-0.15, -0.1) is 0 Å². The molecule has 0 amide bonds. The van der Waals surface area contributed by atoms with Crippen LogP contribution in [0.5, 0.6) is 5.75 Å². The van der Waals surface area contributed by atoms with E-state index in [4.69, 9.17) is 15.7 Å². The molecule has 1 aromatic rings. The van der Waals surface area contributed by atoms with Crippen molar-refractivity contribution in [2.75, 3.05) is 12.8 Å². The summed E-state index contributed by atoms with van der Waals surface area (Å²) in [6, 6.07) is 2.80. The molecular formula is C8H7F2N3O. The maximum Gasteiger partial charge on any atom is 0.282 e. The van der Waals surface area contributed by atoms with E-state index in [0.29, 0.717) is 0 Å². The topological polar surface area (TPSA) is 71.9 Å². The average Bonchev–Trinajstić information content (AvgIpc) is 2.16. The fourth-order valence-corrected chi connectivity index (χ4v) is 0.934. The number of nitrogens with zero attached hydrogens (tertiary/aromatic N) is 2. The number of anilines is 1. The minimum Gasteiger partial charge on any atom is -0.494 e. The normalized spacial score (nSPS) is 9.93. The lowest BCUT2D eigenvalue weighted by Gasteiger charge is -2.07. The molecule has 1 aromatic heterocycles. The van der Waals surface area contributed by atoms with Gasteiger partial charge in [0.25, 0.3) is 6.43 Å². The van der Waals surface area contributed by atoms with Crippen LogP contribution in [0.1, 0.15) is 17.8 Å². The number of alkyl halides is 2. The molecule has 1 rings (SSSR count). The van der Waals surface area contributed by atoms with Gasteiger partial charge in [0, 0.05) is 6.07 Å². The lowest BCUT2D eigenvalue weighted by molar-refractivity contribution is 0.147. The van der Waals surface area contributed by atoms with Gasteiger partial charge in [0.2, 0.25) is 0 Å². The van der Waals surface area contributed by atoms with E-state index < -0.39 is 12.1 Å². The smallest absolute Gasteiger partial charge is 0.282 e. The number of nitrogens with two attached hydrogens (primary N) is 1. The first-order valence-corrected chi connectivity index (χ1v) is 3.62. The van der Waals surface area contributed by atoms with Gasteiger partial charge in [-0.25, -0.2) is 13.8 Å². The van der Waals surface area contributed by atoms with Crippen LogP contribution >= 0.6 is 0 Å². The zero-order valence-electron chi connectivity index (χ0n) is 7.29. The second kappa shape index (κ2) is 3.87. The molecule has 0 aromatic carbocycles. The van der Waals surface area contributed by atoms with E-state index in [2.05, 4.69) is 4.98 Å². The molecule has 0 saturated carbocycles. The number of pyridine rings is 1. The number of halogens is 2. The van der Waals surface area contributed by atoms with E-state index in [0.717, 1.165) is 6.07 Å². The minimum atomic E-state index is -2.80. The second-order valence-electron chi connectivity index (χ2n) is 2.43. The summed E-state index contributed by atoms with van der Waals surface area (Å²) in [7, 11) is 1.30.